The summed E-state index contributed by atoms with van der Waals surface area (Å²) in [6.45, 7) is 0.418. The van der Waals surface area contributed by atoms with E-state index >= 15 is 0 Å². The van der Waals surface area contributed by atoms with Crippen molar-refractivity contribution in [3.8, 4) is 5.75 Å². The molecule has 2 rings (SSSR count). The number of anilines is 1. The van der Waals surface area contributed by atoms with Crippen molar-refractivity contribution in [3.63, 3.8) is 0 Å². The van der Waals surface area contributed by atoms with Gasteiger partial charge in [-0.3, -0.25) is 4.68 Å². The minimum Gasteiger partial charge on any atom is -0.487 e. The van der Waals surface area contributed by atoms with Gasteiger partial charge in [-0.25, -0.2) is 0 Å². The predicted octanol–water partition coefficient (Wildman–Crippen LogP) is 2.34. The van der Waals surface area contributed by atoms with Crippen LogP contribution in [0.1, 0.15) is 5.69 Å². The summed E-state index contributed by atoms with van der Waals surface area (Å²) in [6, 6.07) is 9.49. The molecule has 0 amide bonds. The summed E-state index contributed by atoms with van der Waals surface area (Å²) in [4.78, 5) is 0. The number of aryl methyl sites for hydroxylation is 1. The summed E-state index contributed by atoms with van der Waals surface area (Å²) in [5, 5.41) is 4.20. The van der Waals surface area contributed by atoms with E-state index in [1.54, 1.807) is 17.8 Å². The van der Waals surface area contributed by atoms with Crippen LogP contribution in [0.2, 0.25) is 0 Å². The van der Waals surface area contributed by atoms with Crippen LogP contribution in [0.25, 0.3) is 0 Å². The van der Waals surface area contributed by atoms with Gasteiger partial charge in [0.2, 0.25) is 0 Å². The molecule has 1 aromatic carbocycles. The Morgan fingerprint density at radius 1 is 1.44 bits per heavy atom. The minimum atomic E-state index is 0.418. The lowest BCUT2D eigenvalue weighted by Gasteiger charge is -2.03. The molecule has 0 bridgehead atoms. The van der Waals surface area contributed by atoms with Crippen LogP contribution >= 0.6 is 15.9 Å². The molecule has 16 heavy (non-hydrogen) atoms. The van der Waals surface area contributed by atoms with Crippen molar-refractivity contribution in [2.45, 2.75) is 6.61 Å². The highest BCUT2D eigenvalue weighted by Gasteiger charge is 2.02. The Morgan fingerprint density at radius 3 is 2.88 bits per heavy atom. The smallest absolute Gasteiger partial charge is 0.132 e. The average Bonchev–Trinajstić information content (AvgIpc) is 2.56. The van der Waals surface area contributed by atoms with Gasteiger partial charge in [0.05, 0.1) is 0 Å². The highest BCUT2D eigenvalue weighted by atomic mass is 79.9. The molecule has 1 aromatic heterocycles. The van der Waals surface area contributed by atoms with Crippen molar-refractivity contribution in [2.75, 3.05) is 5.73 Å². The molecule has 0 saturated heterocycles. The Hall–Kier alpha value is -1.49. The lowest BCUT2D eigenvalue weighted by atomic mass is 10.3. The van der Waals surface area contributed by atoms with E-state index in [1.165, 1.54) is 0 Å². The number of nitrogen functional groups attached to an aromatic ring is 1. The largest absolute Gasteiger partial charge is 0.487 e. The molecule has 0 atom stereocenters. The third-order valence-electron chi connectivity index (χ3n) is 2.15. The maximum absolute atomic E-state index is 5.67. The van der Waals surface area contributed by atoms with E-state index in [2.05, 4.69) is 21.0 Å². The maximum Gasteiger partial charge on any atom is 0.132 e. The van der Waals surface area contributed by atoms with E-state index in [-0.39, 0.29) is 0 Å². The molecule has 0 fully saturated rings. The van der Waals surface area contributed by atoms with Gasteiger partial charge in [0.25, 0.3) is 0 Å². The molecular weight excluding hydrogens is 270 g/mol. The molecule has 4 nitrogen and oxygen atoms in total. The third kappa shape index (κ3) is 2.55. The average molecular weight is 282 g/mol. The van der Waals surface area contributed by atoms with Gasteiger partial charge in [-0.15, -0.1) is 0 Å². The molecule has 0 spiro atoms. The van der Waals surface area contributed by atoms with Crippen LogP contribution in [0.5, 0.6) is 5.75 Å². The van der Waals surface area contributed by atoms with Crippen molar-refractivity contribution < 1.29 is 4.74 Å². The quantitative estimate of drug-likeness (QED) is 0.940. The molecule has 2 aromatic rings. The van der Waals surface area contributed by atoms with Gasteiger partial charge >= 0.3 is 0 Å². The fraction of sp³-hybridized carbons (Fsp3) is 0.182. The van der Waals surface area contributed by atoms with Gasteiger partial charge in [-0.05, 0) is 18.2 Å². The first-order chi connectivity index (χ1) is 7.65. The fourth-order valence-electron chi connectivity index (χ4n) is 1.33. The van der Waals surface area contributed by atoms with Crippen LogP contribution in [0.3, 0.4) is 0 Å². The number of ether oxygens (including phenoxy) is 1. The van der Waals surface area contributed by atoms with Crippen molar-refractivity contribution in [1.82, 2.24) is 9.78 Å². The van der Waals surface area contributed by atoms with Crippen LogP contribution in [0, 0.1) is 0 Å². The van der Waals surface area contributed by atoms with Gasteiger partial charge in [0.15, 0.2) is 0 Å². The number of nitrogens with zero attached hydrogens (tertiary/aromatic N) is 2. The van der Waals surface area contributed by atoms with Crippen LogP contribution in [0.15, 0.2) is 34.8 Å². The first-order valence-electron chi connectivity index (χ1n) is 4.82. The molecule has 2 N–H and O–H groups in total. The second-order valence-corrected chi connectivity index (χ2v) is 4.35. The molecule has 0 radical (unpaired) electrons. The number of nitrogens with two attached hydrogens (primary N) is 1. The highest BCUT2D eigenvalue weighted by Crippen LogP contribution is 2.18. The minimum absolute atomic E-state index is 0.418. The molecule has 0 aliphatic carbocycles. The Kier molecular flexibility index (Phi) is 3.14. The van der Waals surface area contributed by atoms with Crippen molar-refractivity contribution in [2.24, 2.45) is 7.05 Å². The number of rotatable bonds is 3. The van der Waals surface area contributed by atoms with Gasteiger partial charge in [0, 0.05) is 17.6 Å². The van der Waals surface area contributed by atoms with Crippen LogP contribution in [-0.4, -0.2) is 9.78 Å². The van der Waals surface area contributed by atoms with Crippen LogP contribution < -0.4 is 10.5 Å². The summed E-state index contributed by atoms with van der Waals surface area (Å²) < 4.78 is 8.20. The van der Waals surface area contributed by atoms with Crippen molar-refractivity contribution >= 4 is 21.7 Å². The van der Waals surface area contributed by atoms with E-state index in [9.17, 15) is 0 Å². The number of halogens is 1. The highest BCUT2D eigenvalue weighted by molar-refractivity contribution is 9.10. The van der Waals surface area contributed by atoms with E-state index in [1.807, 2.05) is 24.3 Å². The monoisotopic (exact) mass is 281 g/mol. The zero-order valence-electron chi connectivity index (χ0n) is 8.85. The zero-order chi connectivity index (χ0) is 11.5. The number of hydrogen-bond donors (Lipinski definition) is 1. The van der Waals surface area contributed by atoms with Crippen molar-refractivity contribution in [1.29, 1.82) is 0 Å². The molecule has 1 heterocycles. The number of benzene rings is 1. The standard InChI is InChI=1S/C11H12BrN3O/c1-15-11(13)6-9(14-15)7-16-10-4-2-3-8(12)5-10/h2-6H,7,13H2,1H3. The third-order valence-corrected chi connectivity index (χ3v) is 2.64. The first-order valence-corrected chi connectivity index (χ1v) is 5.61. The Balaban J connectivity index is 2.02. The summed E-state index contributed by atoms with van der Waals surface area (Å²) in [7, 11) is 1.80. The zero-order valence-corrected chi connectivity index (χ0v) is 10.4. The fourth-order valence-corrected chi connectivity index (χ4v) is 1.71. The summed E-state index contributed by atoms with van der Waals surface area (Å²) in [5.41, 5.74) is 6.49. The molecule has 5 heteroatoms. The van der Waals surface area contributed by atoms with E-state index in [4.69, 9.17) is 10.5 Å². The molecule has 84 valence electrons. The topological polar surface area (TPSA) is 53.1 Å². The Labute approximate surface area is 102 Å². The molecular formula is C11H12BrN3O. The summed E-state index contributed by atoms with van der Waals surface area (Å²) >= 11 is 3.38. The SMILES string of the molecule is Cn1nc(COc2cccc(Br)c2)cc1N. The number of hydrogen-bond acceptors (Lipinski definition) is 3. The second kappa shape index (κ2) is 4.57. The van der Waals surface area contributed by atoms with Crippen LogP contribution in [0.4, 0.5) is 5.82 Å². The molecule has 0 saturated carbocycles. The second-order valence-electron chi connectivity index (χ2n) is 3.43. The first kappa shape index (κ1) is 11.0. The Morgan fingerprint density at radius 2 is 2.25 bits per heavy atom. The van der Waals surface area contributed by atoms with E-state index < -0.39 is 0 Å². The van der Waals surface area contributed by atoms with Gasteiger partial charge < -0.3 is 10.5 Å². The van der Waals surface area contributed by atoms with Gasteiger partial charge in [0.1, 0.15) is 23.9 Å². The molecule has 0 aliphatic rings. The lowest BCUT2D eigenvalue weighted by molar-refractivity contribution is 0.300. The number of aromatic nitrogens is 2. The Bertz CT molecular complexity index is 476. The summed E-state index contributed by atoms with van der Waals surface area (Å²) in [6.07, 6.45) is 0. The molecule has 0 aliphatic heterocycles. The predicted molar refractivity (Wildman–Crippen MR) is 66.1 cm³/mol. The van der Waals surface area contributed by atoms with Gasteiger partial charge in [-0.1, -0.05) is 22.0 Å². The summed E-state index contributed by atoms with van der Waals surface area (Å²) in [5.74, 6) is 1.44. The van der Waals surface area contributed by atoms with Crippen LogP contribution in [-0.2, 0) is 13.7 Å². The normalized spacial score (nSPS) is 10.4. The molecule has 0 unspecified atom stereocenters. The van der Waals surface area contributed by atoms with E-state index in [0.717, 1.165) is 15.9 Å². The lowest BCUT2D eigenvalue weighted by Crippen LogP contribution is -1.99. The van der Waals surface area contributed by atoms with Crippen molar-refractivity contribution in [3.05, 3.63) is 40.5 Å². The van der Waals surface area contributed by atoms with Gasteiger partial charge in [-0.2, -0.15) is 5.10 Å². The van der Waals surface area contributed by atoms with E-state index in [0.29, 0.717) is 12.4 Å². The maximum atomic E-state index is 5.67.